The van der Waals surface area contributed by atoms with Gasteiger partial charge in [0, 0.05) is 17.8 Å². The predicted octanol–water partition coefficient (Wildman–Crippen LogP) is 0.567. The monoisotopic (exact) mass is 206 g/mol. The van der Waals surface area contributed by atoms with E-state index >= 15 is 0 Å². The summed E-state index contributed by atoms with van der Waals surface area (Å²) in [5.41, 5.74) is 1.47. The number of hydrogen-bond donors (Lipinski definition) is 1. The van der Waals surface area contributed by atoms with Crippen LogP contribution in [0.2, 0.25) is 0 Å². The van der Waals surface area contributed by atoms with Crippen LogP contribution in [0.1, 0.15) is 19.8 Å². The topological polar surface area (TPSA) is 49.4 Å². The van der Waals surface area contributed by atoms with Crippen molar-refractivity contribution in [1.82, 2.24) is 10.2 Å². The number of rotatable bonds is 1. The van der Waals surface area contributed by atoms with Crippen molar-refractivity contribution in [1.29, 1.82) is 0 Å². The van der Waals surface area contributed by atoms with Crippen LogP contribution in [0.3, 0.4) is 0 Å². The Morgan fingerprint density at radius 2 is 2.27 bits per heavy atom. The summed E-state index contributed by atoms with van der Waals surface area (Å²) in [4.78, 5) is 25.0. The zero-order valence-corrected chi connectivity index (χ0v) is 8.75. The molecule has 1 atom stereocenters. The van der Waals surface area contributed by atoms with Gasteiger partial charge in [-0.25, -0.2) is 0 Å². The van der Waals surface area contributed by atoms with Crippen molar-refractivity contribution in [2.75, 3.05) is 6.54 Å². The molecular weight excluding hydrogens is 192 g/mol. The van der Waals surface area contributed by atoms with Gasteiger partial charge in [0.05, 0.1) is 0 Å². The minimum absolute atomic E-state index is 0.0253. The highest BCUT2D eigenvalue weighted by Crippen LogP contribution is 2.21. The molecule has 0 spiro atoms. The fourth-order valence-electron chi connectivity index (χ4n) is 1.96. The van der Waals surface area contributed by atoms with Crippen LogP contribution in [-0.2, 0) is 9.59 Å². The van der Waals surface area contributed by atoms with Crippen LogP contribution in [0.15, 0.2) is 23.9 Å². The largest absolute Gasteiger partial charge is 0.329 e. The Kier molecular flexibility index (Phi) is 2.34. The molecule has 4 nitrogen and oxygen atoms in total. The molecule has 1 N–H and O–H groups in total. The summed E-state index contributed by atoms with van der Waals surface area (Å²) in [5.74, 6) is -0.134. The third-order valence-corrected chi connectivity index (χ3v) is 2.89. The summed E-state index contributed by atoms with van der Waals surface area (Å²) in [5, 5.41) is 2.69. The lowest BCUT2D eigenvalue weighted by atomic mass is 10.0. The molecule has 0 aromatic heterocycles. The molecule has 0 aromatic carbocycles. The summed E-state index contributed by atoms with van der Waals surface area (Å²) in [6.45, 7) is 6.04. The van der Waals surface area contributed by atoms with Gasteiger partial charge in [-0.3, -0.25) is 9.59 Å². The van der Waals surface area contributed by atoms with E-state index < -0.39 is 0 Å². The van der Waals surface area contributed by atoms with Gasteiger partial charge in [-0.2, -0.15) is 0 Å². The molecule has 0 bridgehead atoms. The highest BCUT2D eigenvalue weighted by Gasteiger charge is 2.34. The Hall–Kier alpha value is -1.58. The molecule has 1 unspecified atom stereocenters. The normalized spacial score (nSPS) is 26.7. The lowest BCUT2D eigenvalue weighted by molar-refractivity contribution is -0.136. The second-order valence-electron chi connectivity index (χ2n) is 3.99. The summed E-state index contributed by atoms with van der Waals surface area (Å²) < 4.78 is 0. The minimum atomic E-state index is -0.323. The molecule has 1 saturated heterocycles. The summed E-state index contributed by atoms with van der Waals surface area (Å²) >= 11 is 0. The molecule has 2 rings (SSSR count). The van der Waals surface area contributed by atoms with E-state index in [2.05, 4.69) is 11.9 Å². The molecule has 0 aliphatic carbocycles. The second kappa shape index (κ2) is 3.53. The molecule has 2 aliphatic heterocycles. The van der Waals surface area contributed by atoms with Crippen molar-refractivity contribution in [2.24, 2.45) is 0 Å². The van der Waals surface area contributed by atoms with Crippen molar-refractivity contribution in [3.63, 3.8) is 0 Å². The second-order valence-corrected chi connectivity index (χ2v) is 3.99. The number of hydrogen-bond acceptors (Lipinski definition) is 2. The maximum Gasteiger partial charge on any atom is 0.250 e. The van der Waals surface area contributed by atoms with Gasteiger partial charge in [-0.1, -0.05) is 12.7 Å². The van der Waals surface area contributed by atoms with E-state index in [0.29, 0.717) is 13.0 Å². The van der Waals surface area contributed by atoms with E-state index in [1.807, 2.05) is 6.08 Å². The van der Waals surface area contributed by atoms with Crippen LogP contribution in [0.5, 0.6) is 0 Å². The van der Waals surface area contributed by atoms with E-state index in [1.54, 1.807) is 11.8 Å². The van der Waals surface area contributed by atoms with Crippen molar-refractivity contribution < 1.29 is 9.59 Å². The molecule has 0 aromatic rings. The Labute approximate surface area is 88.6 Å². The summed E-state index contributed by atoms with van der Waals surface area (Å²) in [6.07, 6.45) is 3.29. The van der Waals surface area contributed by atoms with Gasteiger partial charge in [-0.05, 0) is 19.8 Å². The number of nitrogens with zero attached hydrogens (tertiary/aromatic N) is 1. The highest BCUT2D eigenvalue weighted by atomic mass is 16.2. The summed E-state index contributed by atoms with van der Waals surface area (Å²) in [6, 6.07) is -0.323. The lowest BCUT2D eigenvalue weighted by Crippen LogP contribution is -2.50. The number of carbonyl (C=O) groups excluding carboxylic acids is 2. The molecule has 2 aliphatic rings. The Morgan fingerprint density at radius 1 is 1.53 bits per heavy atom. The number of piperidine rings is 1. The maximum atomic E-state index is 11.7. The fourth-order valence-corrected chi connectivity index (χ4v) is 1.96. The zero-order chi connectivity index (χ0) is 11.0. The number of nitrogens with one attached hydrogen (secondary N) is 1. The third kappa shape index (κ3) is 1.67. The number of carbonyl (C=O) groups is 2. The van der Waals surface area contributed by atoms with E-state index in [9.17, 15) is 9.59 Å². The fraction of sp³-hybridized carbons (Fsp3) is 0.455. The number of amides is 2. The van der Waals surface area contributed by atoms with E-state index in [0.717, 1.165) is 17.7 Å². The van der Waals surface area contributed by atoms with Gasteiger partial charge in [0.1, 0.15) is 6.04 Å². The molecule has 4 heteroatoms. The molecule has 15 heavy (non-hydrogen) atoms. The van der Waals surface area contributed by atoms with Gasteiger partial charge in [0.2, 0.25) is 11.8 Å². The Bertz CT molecular complexity index is 371. The summed E-state index contributed by atoms with van der Waals surface area (Å²) in [7, 11) is 0. The smallest absolute Gasteiger partial charge is 0.250 e. The molecule has 0 radical (unpaired) electrons. The Balaban J connectivity index is 2.10. The van der Waals surface area contributed by atoms with Crippen LogP contribution in [0.4, 0.5) is 0 Å². The molecule has 0 saturated carbocycles. The van der Waals surface area contributed by atoms with E-state index in [4.69, 9.17) is 0 Å². The average molecular weight is 206 g/mol. The third-order valence-electron chi connectivity index (χ3n) is 2.89. The van der Waals surface area contributed by atoms with Crippen LogP contribution < -0.4 is 5.32 Å². The number of allylic oxidation sites excluding steroid dienone is 1. The lowest BCUT2D eigenvalue weighted by Gasteiger charge is -2.31. The first-order chi connectivity index (χ1) is 7.09. The molecule has 2 heterocycles. The van der Waals surface area contributed by atoms with Crippen molar-refractivity contribution in [2.45, 2.75) is 25.8 Å². The van der Waals surface area contributed by atoms with Gasteiger partial charge in [0.25, 0.3) is 0 Å². The molecular formula is C11H14N2O2. The van der Waals surface area contributed by atoms with E-state index in [-0.39, 0.29) is 17.9 Å². The standard InChI is InChI=1S/C11H14N2O2/c1-7-5-6-13(11(7)15)9-4-3-8(2)12-10(9)14/h5,9H,2-4,6H2,1H3,(H,12,14). The van der Waals surface area contributed by atoms with Gasteiger partial charge >= 0.3 is 0 Å². The zero-order valence-electron chi connectivity index (χ0n) is 8.75. The first-order valence-electron chi connectivity index (χ1n) is 5.06. The predicted molar refractivity (Wildman–Crippen MR) is 55.8 cm³/mol. The van der Waals surface area contributed by atoms with Crippen molar-refractivity contribution in [3.05, 3.63) is 23.9 Å². The first kappa shape index (κ1) is 9.96. The maximum absolute atomic E-state index is 11.7. The Morgan fingerprint density at radius 3 is 2.80 bits per heavy atom. The van der Waals surface area contributed by atoms with Crippen LogP contribution in [0.25, 0.3) is 0 Å². The molecule has 1 fully saturated rings. The van der Waals surface area contributed by atoms with Crippen LogP contribution in [0, 0.1) is 0 Å². The van der Waals surface area contributed by atoms with Gasteiger partial charge in [-0.15, -0.1) is 0 Å². The van der Waals surface area contributed by atoms with Crippen LogP contribution >= 0.6 is 0 Å². The highest BCUT2D eigenvalue weighted by molar-refractivity contribution is 5.99. The molecule has 80 valence electrons. The van der Waals surface area contributed by atoms with E-state index in [1.165, 1.54) is 0 Å². The van der Waals surface area contributed by atoms with Crippen molar-refractivity contribution in [3.8, 4) is 0 Å². The van der Waals surface area contributed by atoms with Crippen LogP contribution in [-0.4, -0.2) is 29.3 Å². The average Bonchev–Trinajstić information content (AvgIpc) is 2.49. The minimum Gasteiger partial charge on any atom is -0.329 e. The SMILES string of the molecule is C=C1CCC(N2CC=C(C)C2=O)C(=O)N1. The molecule has 2 amide bonds. The van der Waals surface area contributed by atoms with Crippen molar-refractivity contribution >= 4 is 11.8 Å². The quantitative estimate of drug-likeness (QED) is 0.681. The van der Waals surface area contributed by atoms with Gasteiger partial charge < -0.3 is 10.2 Å². The van der Waals surface area contributed by atoms with Gasteiger partial charge in [0.15, 0.2) is 0 Å². The first-order valence-corrected chi connectivity index (χ1v) is 5.06.